The van der Waals surface area contributed by atoms with Crippen LogP contribution in [-0.4, -0.2) is 41.5 Å². The zero-order chi connectivity index (χ0) is 14.1. The average Bonchev–Trinajstić information content (AvgIpc) is 2.46. The molecule has 112 valence electrons. The maximum Gasteiger partial charge on any atom is 0.270 e. The third-order valence-electron chi connectivity index (χ3n) is 3.64. The summed E-state index contributed by atoms with van der Waals surface area (Å²) in [6.07, 6.45) is 0. The third kappa shape index (κ3) is 3.09. The molecule has 5 nitrogen and oxygen atoms in total. The Morgan fingerprint density at radius 2 is 2.10 bits per heavy atom. The molecule has 1 aromatic heterocycles. The first-order valence-corrected chi connectivity index (χ1v) is 6.80. The van der Waals surface area contributed by atoms with Crippen molar-refractivity contribution >= 4 is 29.1 Å². The topological polar surface area (TPSA) is 65.2 Å². The number of fused-ring (bicyclic) bond motifs is 1. The number of piperazine rings is 1. The van der Waals surface area contributed by atoms with Crippen LogP contribution in [0, 0.1) is 0 Å². The van der Waals surface area contributed by atoms with Crippen molar-refractivity contribution < 1.29 is 4.79 Å². The lowest BCUT2D eigenvalue weighted by atomic mass is 10.1. The lowest BCUT2D eigenvalue weighted by molar-refractivity contribution is 0.0703. The van der Waals surface area contributed by atoms with Gasteiger partial charge in [0.05, 0.1) is 0 Å². The Labute approximate surface area is 128 Å². The molecule has 1 atom stereocenters. The fourth-order valence-electron chi connectivity index (χ4n) is 2.61. The minimum Gasteiger partial charge on any atom is -0.335 e. The van der Waals surface area contributed by atoms with Crippen LogP contribution < -0.4 is 10.9 Å². The van der Waals surface area contributed by atoms with E-state index in [0.717, 1.165) is 11.9 Å². The van der Waals surface area contributed by atoms with Crippen molar-refractivity contribution in [3.63, 3.8) is 0 Å². The number of aromatic amines is 1. The summed E-state index contributed by atoms with van der Waals surface area (Å²) in [7, 11) is 0. The number of nitrogens with zero attached hydrogens (tertiary/aromatic N) is 1. The Morgan fingerprint density at radius 3 is 2.86 bits per heavy atom. The van der Waals surface area contributed by atoms with Gasteiger partial charge in [0, 0.05) is 31.1 Å². The summed E-state index contributed by atoms with van der Waals surface area (Å²) in [4.78, 5) is 29.0. The van der Waals surface area contributed by atoms with Gasteiger partial charge < -0.3 is 15.2 Å². The number of benzene rings is 1. The minimum atomic E-state index is -0.213. The highest BCUT2D eigenvalue weighted by Gasteiger charge is 2.22. The van der Waals surface area contributed by atoms with Crippen LogP contribution in [0.15, 0.2) is 35.1 Å². The van der Waals surface area contributed by atoms with E-state index in [0.29, 0.717) is 24.2 Å². The number of carbonyl (C=O) groups excluding carboxylic acids is 1. The quantitative estimate of drug-likeness (QED) is 0.836. The fourth-order valence-corrected chi connectivity index (χ4v) is 2.61. The van der Waals surface area contributed by atoms with Gasteiger partial charge in [0.25, 0.3) is 11.5 Å². The predicted octanol–water partition coefficient (Wildman–Crippen LogP) is 1.38. The molecular formula is C15H18ClN3O2. The second-order valence-corrected chi connectivity index (χ2v) is 5.21. The summed E-state index contributed by atoms with van der Waals surface area (Å²) in [6, 6.07) is 9.32. The first-order valence-electron chi connectivity index (χ1n) is 6.80. The van der Waals surface area contributed by atoms with E-state index in [1.54, 1.807) is 17.0 Å². The summed E-state index contributed by atoms with van der Waals surface area (Å²) in [5.74, 6) is -0.110. The molecule has 1 unspecified atom stereocenters. The fraction of sp³-hybridized carbons (Fsp3) is 0.333. The monoisotopic (exact) mass is 307 g/mol. The van der Waals surface area contributed by atoms with Gasteiger partial charge in [0.2, 0.25) is 0 Å². The van der Waals surface area contributed by atoms with Crippen molar-refractivity contribution in [3.05, 3.63) is 46.4 Å². The van der Waals surface area contributed by atoms with Crippen LogP contribution in [0.1, 0.15) is 17.4 Å². The van der Waals surface area contributed by atoms with E-state index >= 15 is 0 Å². The van der Waals surface area contributed by atoms with Crippen LogP contribution in [-0.2, 0) is 0 Å². The Morgan fingerprint density at radius 1 is 1.33 bits per heavy atom. The van der Waals surface area contributed by atoms with E-state index in [2.05, 4.69) is 10.3 Å². The number of nitrogens with one attached hydrogen (secondary N) is 2. The van der Waals surface area contributed by atoms with E-state index in [1.807, 2.05) is 25.1 Å². The number of carbonyl (C=O) groups is 1. The van der Waals surface area contributed by atoms with E-state index in [9.17, 15) is 9.59 Å². The molecule has 1 aliphatic heterocycles. The predicted molar refractivity (Wildman–Crippen MR) is 85.2 cm³/mol. The third-order valence-corrected chi connectivity index (χ3v) is 3.64. The largest absolute Gasteiger partial charge is 0.335 e. The molecule has 0 aliphatic carbocycles. The zero-order valence-corrected chi connectivity index (χ0v) is 12.6. The lowest BCUT2D eigenvalue weighted by Gasteiger charge is -2.31. The lowest BCUT2D eigenvalue weighted by Crippen LogP contribution is -2.51. The van der Waals surface area contributed by atoms with E-state index in [1.165, 1.54) is 0 Å². The Hall–Kier alpha value is -1.85. The van der Waals surface area contributed by atoms with Gasteiger partial charge in [-0.05, 0) is 24.4 Å². The molecule has 1 fully saturated rings. The summed E-state index contributed by atoms with van der Waals surface area (Å²) < 4.78 is 0. The molecule has 21 heavy (non-hydrogen) atoms. The van der Waals surface area contributed by atoms with Crippen molar-refractivity contribution in [2.75, 3.05) is 19.6 Å². The van der Waals surface area contributed by atoms with Gasteiger partial charge in [0.1, 0.15) is 5.69 Å². The average molecular weight is 308 g/mol. The SMILES string of the molecule is CC1CN(C(=O)c2cc3ccccc3c(=O)[nH]2)CCN1.Cl. The Bertz CT molecular complexity index is 713. The van der Waals surface area contributed by atoms with Gasteiger partial charge in [-0.3, -0.25) is 9.59 Å². The van der Waals surface area contributed by atoms with Gasteiger partial charge in [-0.15, -0.1) is 12.4 Å². The van der Waals surface area contributed by atoms with Crippen molar-refractivity contribution in [1.82, 2.24) is 15.2 Å². The molecule has 3 rings (SSSR count). The molecular weight excluding hydrogens is 290 g/mol. The van der Waals surface area contributed by atoms with Crippen molar-refractivity contribution in [2.24, 2.45) is 0 Å². The highest BCUT2D eigenvalue weighted by molar-refractivity contribution is 5.96. The van der Waals surface area contributed by atoms with E-state index in [4.69, 9.17) is 0 Å². The first kappa shape index (κ1) is 15.5. The van der Waals surface area contributed by atoms with Crippen LogP contribution in [0.3, 0.4) is 0 Å². The molecule has 0 radical (unpaired) electrons. The van der Waals surface area contributed by atoms with Crippen molar-refractivity contribution in [2.45, 2.75) is 13.0 Å². The number of rotatable bonds is 1. The van der Waals surface area contributed by atoms with Crippen molar-refractivity contribution in [3.8, 4) is 0 Å². The van der Waals surface area contributed by atoms with Crippen LogP contribution >= 0.6 is 12.4 Å². The number of pyridine rings is 1. The summed E-state index contributed by atoms with van der Waals surface area (Å²) >= 11 is 0. The second kappa shape index (κ2) is 6.28. The van der Waals surface area contributed by atoms with E-state index < -0.39 is 0 Å². The maximum absolute atomic E-state index is 12.5. The van der Waals surface area contributed by atoms with Gasteiger partial charge in [-0.1, -0.05) is 18.2 Å². The number of amides is 1. The molecule has 0 spiro atoms. The molecule has 2 heterocycles. The molecule has 6 heteroatoms. The standard InChI is InChI=1S/C15H17N3O2.ClH/c1-10-9-18(7-6-16-10)15(20)13-8-11-4-2-3-5-12(11)14(19)17-13;/h2-5,8,10,16H,6-7,9H2,1H3,(H,17,19);1H. The van der Waals surface area contributed by atoms with Crippen LogP contribution in [0.2, 0.25) is 0 Å². The number of aromatic nitrogens is 1. The number of hydrogen-bond acceptors (Lipinski definition) is 3. The molecule has 2 aromatic rings. The summed E-state index contributed by atoms with van der Waals surface area (Å²) in [6.45, 7) is 4.15. The Balaban J connectivity index is 0.00000161. The smallest absolute Gasteiger partial charge is 0.270 e. The van der Waals surface area contributed by atoms with Gasteiger partial charge in [-0.25, -0.2) is 0 Å². The van der Waals surface area contributed by atoms with Crippen LogP contribution in [0.4, 0.5) is 0 Å². The maximum atomic E-state index is 12.5. The summed E-state index contributed by atoms with van der Waals surface area (Å²) in [5.41, 5.74) is 0.150. The second-order valence-electron chi connectivity index (χ2n) is 5.21. The zero-order valence-electron chi connectivity index (χ0n) is 11.8. The highest BCUT2D eigenvalue weighted by Crippen LogP contribution is 2.12. The minimum absolute atomic E-state index is 0. The molecule has 0 bridgehead atoms. The van der Waals surface area contributed by atoms with E-state index in [-0.39, 0.29) is 29.9 Å². The number of H-pyrrole nitrogens is 1. The summed E-state index contributed by atoms with van der Waals surface area (Å²) in [5, 5.41) is 4.70. The van der Waals surface area contributed by atoms with Gasteiger partial charge in [0.15, 0.2) is 0 Å². The van der Waals surface area contributed by atoms with Gasteiger partial charge >= 0.3 is 0 Å². The number of halogens is 1. The molecule has 1 amide bonds. The molecule has 2 N–H and O–H groups in total. The molecule has 1 saturated heterocycles. The number of hydrogen-bond donors (Lipinski definition) is 2. The Kier molecular flexibility index (Phi) is 4.65. The molecule has 0 saturated carbocycles. The highest BCUT2D eigenvalue weighted by atomic mass is 35.5. The van der Waals surface area contributed by atoms with Crippen LogP contribution in [0.25, 0.3) is 10.8 Å². The normalized spacial score (nSPS) is 18.3. The molecule has 1 aliphatic rings. The first-order chi connectivity index (χ1) is 9.65. The van der Waals surface area contributed by atoms with Gasteiger partial charge in [-0.2, -0.15) is 0 Å². The van der Waals surface area contributed by atoms with Crippen molar-refractivity contribution in [1.29, 1.82) is 0 Å². The van der Waals surface area contributed by atoms with Crippen LogP contribution in [0.5, 0.6) is 0 Å². The molecule has 1 aromatic carbocycles.